The Hall–Kier alpha value is -4.65. The number of rotatable bonds is 5. The summed E-state index contributed by atoms with van der Waals surface area (Å²) in [5, 5.41) is 11.8. The largest absolute Gasteiger partial charge is 0.508 e. The second kappa shape index (κ2) is 11.0. The fraction of sp³-hybridized carbons (Fsp3) is 0.344. The lowest BCUT2D eigenvalue weighted by Crippen LogP contribution is -2.46. The fourth-order valence-corrected chi connectivity index (χ4v) is 7.34. The van der Waals surface area contributed by atoms with Gasteiger partial charge in [0.25, 0.3) is 11.8 Å². The van der Waals surface area contributed by atoms with Gasteiger partial charge in [0.05, 0.1) is 31.1 Å². The molecule has 0 radical (unpaired) electrons. The number of hydrogen-bond donors (Lipinski definition) is 1. The number of Topliss-reactive ketones (excluding diaryl/α,β-unsaturated/α-hetero) is 1. The number of ether oxygens (including phenoxy) is 2. The third-order valence-corrected chi connectivity index (χ3v) is 9.38. The topological polar surface area (TPSA) is 126 Å². The summed E-state index contributed by atoms with van der Waals surface area (Å²) in [4.78, 5) is 58.8. The van der Waals surface area contributed by atoms with Crippen molar-refractivity contribution >= 4 is 40.8 Å². The minimum atomic E-state index is -4.80. The highest BCUT2D eigenvalue weighted by Crippen LogP contribution is 2.58. The van der Waals surface area contributed by atoms with E-state index in [-0.39, 0.29) is 57.6 Å². The Balaban J connectivity index is 1.48. The van der Waals surface area contributed by atoms with Gasteiger partial charge in [0.1, 0.15) is 22.9 Å². The first-order valence-corrected chi connectivity index (χ1v) is 14.6. The molecule has 1 aromatic heterocycles. The Labute approximate surface area is 265 Å². The van der Waals surface area contributed by atoms with E-state index in [1.54, 1.807) is 6.08 Å². The molecule has 2 heterocycles. The van der Waals surface area contributed by atoms with E-state index in [9.17, 15) is 37.5 Å². The Kier molecular flexibility index (Phi) is 7.50. The average Bonchev–Trinajstić information content (AvgIpc) is 3.27. The number of anilines is 1. The highest BCUT2D eigenvalue weighted by atomic mass is 35.5. The van der Waals surface area contributed by atoms with Gasteiger partial charge in [-0.3, -0.25) is 24.2 Å². The smallest absolute Gasteiger partial charge is 0.433 e. The summed E-state index contributed by atoms with van der Waals surface area (Å²) in [6.07, 6.45) is -1.75. The van der Waals surface area contributed by atoms with Gasteiger partial charge < -0.3 is 14.6 Å². The molecular weight excluding hydrogens is 631 g/mol. The molecule has 4 atom stereocenters. The van der Waals surface area contributed by atoms with Crippen molar-refractivity contribution in [3.05, 3.63) is 75.0 Å². The van der Waals surface area contributed by atoms with Crippen LogP contribution in [0.15, 0.2) is 58.7 Å². The first-order valence-electron chi connectivity index (χ1n) is 14.2. The molecule has 4 aliphatic rings. The minimum absolute atomic E-state index is 0.0313. The van der Waals surface area contributed by atoms with Gasteiger partial charge >= 0.3 is 6.18 Å². The van der Waals surface area contributed by atoms with Crippen LogP contribution in [0.5, 0.6) is 17.2 Å². The van der Waals surface area contributed by atoms with Crippen molar-refractivity contribution in [2.75, 3.05) is 26.3 Å². The molecule has 2 aromatic rings. The van der Waals surface area contributed by atoms with Crippen LogP contribution in [0.3, 0.4) is 0 Å². The molecule has 6 rings (SSSR count). The van der Waals surface area contributed by atoms with Gasteiger partial charge in [0.2, 0.25) is 0 Å². The molecule has 1 fully saturated rings. The fourth-order valence-electron chi connectivity index (χ4n) is 7.11. The average molecular weight is 658 g/mol. The molecule has 46 heavy (non-hydrogen) atoms. The molecule has 0 saturated carbocycles. The lowest BCUT2D eigenvalue weighted by atomic mass is 9.59. The van der Waals surface area contributed by atoms with E-state index in [2.05, 4.69) is 4.98 Å². The zero-order valence-electron chi connectivity index (χ0n) is 24.9. The van der Waals surface area contributed by atoms with Crippen LogP contribution in [0.4, 0.5) is 19.0 Å². The third kappa shape index (κ3) is 4.67. The number of carbonyl (C=O) groups excluding carboxylic acids is 4. The normalized spacial score (nSPS) is 24.3. The molecule has 240 valence electrons. The van der Waals surface area contributed by atoms with Crippen molar-refractivity contribution in [3.63, 3.8) is 0 Å². The third-order valence-electron chi connectivity index (χ3n) is 9.08. The summed E-state index contributed by atoms with van der Waals surface area (Å²) in [7, 11) is 3.97. The Morgan fingerprint density at radius 2 is 1.70 bits per heavy atom. The number of benzene rings is 1. The van der Waals surface area contributed by atoms with Crippen LogP contribution in [0.1, 0.15) is 36.9 Å². The van der Waals surface area contributed by atoms with Gasteiger partial charge in [-0.2, -0.15) is 18.2 Å². The maximum absolute atomic E-state index is 14.2. The number of alkyl halides is 3. The predicted molar refractivity (Wildman–Crippen MR) is 157 cm³/mol. The number of hydrogen-bond acceptors (Lipinski definition) is 9. The maximum Gasteiger partial charge on any atom is 0.433 e. The molecular formula is C32H27ClF3N3O7. The summed E-state index contributed by atoms with van der Waals surface area (Å²) in [5.74, 6) is -6.07. The molecule has 0 unspecified atom stereocenters. The lowest BCUT2D eigenvalue weighted by molar-refractivity contribution is -0.141. The first kappa shape index (κ1) is 31.3. The number of nitrogens with zero attached hydrogens (tertiary/aromatic N) is 3. The number of fused-ring (bicyclic) bond motifs is 3. The molecule has 10 nitrogen and oxygen atoms in total. The van der Waals surface area contributed by atoms with Crippen molar-refractivity contribution in [2.24, 2.45) is 17.8 Å². The van der Waals surface area contributed by atoms with Crippen LogP contribution in [-0.2, 0) is 25.4 Å². The zero-order valence-corrected chi connectivity index (χ0v) is 25.7. The Morgan fingerprint density at radius 3 is 2.30 bits per heavy atom. The van der Waals surface area contributed by atoms with Gasteiger partial charge in [0, 0.05) is 47.4 Å². The summed E-state index contributed by atoms with van der Waals surface area (Å²) >= 11 is 6.20. The number of methoxy groups -OCH3 is 2. The number of pyridine rings is 1. The molecule has 1 aliphatic heterocycles. The molecule has 0 bridgehead atoms. The van der Waals surface area contributed by atoms with Gasteiger partial charge in [-0.05, 0) is 43.9 Å². The number of phenolic OH excluding ortho intramolecular Hbond substituents is 1. The summed E-state index contributed by atoms with van der Waals surface area (Å²) < 4.78 is 51.6. The standard InChI is InChI=1S/C32H27ClF3N3O7/c1-13-9-20(41)25-18(28(13)42)12-17-15(26(25)27-21(45-3)10-14(40)11-22(27)46-4)5-6-16-24(17)31(44)39(30(16)43)38(2)29-19(33)7-8-23(37-29)32(34,35)36/h5,7-11,16-17,24,26,40H,6,12H2,1-4H3/t16-,17+,24-,26-/m0/s1. The van der Waals surface area contributed by atoms with E-state index in [1.165, 1.54) is 46.4 Å². The number of aromatic nitrogens is 1. The van der Waals surface area contributed by atoms with Gasteiger partial charge in [-0.25, -0.2) is 4.98 Å². The number of ketones is 2. The first-order chi connectivity index (χ1) is 21.7. The van der Waals surface area contributed by atoms with Crippen molar-refractivity contribution in [3.8, 4) is 17.2 Å². The minimum Gasteiger partial charge on any atom is -0.508 e. The van der Waals surface area contributed by atoms with E-state index in [0.29, 0.717) is 17.2 Å². The number of aromatic hydroxyl groups is 1. The number of phenols is 1. The number of amides is 2. The van der Waals surface area contributed by atoms with E-state index in [0.717, 1.165) is 16.1 Å². The number of halogens is 4. The van der Waals surface area contributed by atoms with Crippen molar-refractivity contribution in [1.82, 2.24) is 9.99 Å². The van der Waals surface area contributed by atoms with Crippen LogP contribution in [0, 0.1) is 17.8 Å². The summed E-state index contributed by atoms with van der Waals surface area (Å²) in [6.45, 7) is 1.52. The predicted octanol–water partition coefficient (Wildman–Crippen LogP) is 4.96. The number of allylic oxidation sites excluding steroid dienone is 6. The monoisotopic (exact) mass is 657 g/mol. The van der Waals surface area contributed by atoms with Gasteiger partial charge in [-0.1, -0.05) is 23.3 Å². The molecule has 1 saturated heterocycles. The molecule has 1 aromatic carbocycles. The highest BCUT2D eigenvalue weighted by Gasteiger charge is 2.58. The SMILES string of the molecule is COc1cc(O)cc(OC)c1[C@H]1C2=CC[C@@H]3C(=O)N(N(C)c4nc(C(F)(F)F)ccc4Cl)C(=O)[C@@H]3[C@@H]2CC2=C1C(=O)C=C(C)C2=O. The van der Waals surface area contributed by atoms with Crippen LogP contribution in [0.25, 0.3) is 0 Å². The highest BCUT2D eigenvalue weighted by molar-refractivity contribution is 6.33. The van der Waals surface area contributed by atoms with Crippen molar-refractivity contribution in [2.45, 2.75) is 31.9 Å². The van der Waals surface area contributed by atoms with Crippen LogP contribution in [0.2, 0.25) is 5.02 Å². The quantitative estimate of drug-likeness (QED) is 0.270. The van der Waals surface area contributed by atoms with Crippen LogP contribution >= 0.6 is 11.6 Å². The molecule has 1 N–H and O–H groups in total. The molecule has 0 spiro atoms. The second-order valence-corrected chi connectivity index (χ2v) is 11.9. The van der Waals surface area contributed by atoms with E-state index in [1.807, 2.05) is 0 Å². The Morgan fingerprint density at radius 1 is 1.04 bits per heavy atom. The van der Waals surface area contributed by atoms with Gasteiger partial charge in [-0.15, -0.1) is 0 Å². The number of imide groups is 1. The molecule has 14 heteroatoms. The van der Waals surface area contributed by atoms with Crippen LogP contribution in [-0.4, -0.2) is 59.7 Å². The second-order valence-electron chi connectivity index (χ2n) is 11.5. The summed E-state index contributed by atoms with van der Waals surface area (Å²) in [5.41, 5.74) is 0.262. The van der Waals surface area contributed by atoms with E-state index >= 15 is 0 Å². The maximum atomic E-state index is 14.2. The van der Waals surface area contributed by atoms with Gasteiger partial charge in [0.15, 0.2) is 17.4 Å². The Bertz CT molecular complexity index is 1810. The van der Waals surface area contributed by atoms with Crippen LogP contribution < -0.4 is 14.5 Å². The van der Waals surface area contributed by atoms with E-state index < -0.39 is 59.0 Å². The van der Waals surface area contributed by atoms with E-state index in [4.69, 9.17) is 21.1 Å². The number of hydrazine groups is 1. The summed E-state index contributed by atoms with van der Waals surface area (Å²) in [6, 6.07) is 4.37. The van der Waals surface area contributed by atoms with Crippen molar-refractivity contribution < 1.29 is 46.9 Å². The number of carbonyl (C=O) groups is 4. The molecule has 3 aliphatic carbocycles. The molecule has 2 amide bonds. The lowest BCUT2D eigenvalue weighted by Gasteiger charge is -2.42. The zero-order chi connectivity index (χ0) is 33.4. The van der Waals surface area contributed by atoms with Crippen molar-refractivity contribution in [1.29, 1.82) is 0 Å².